The first-order chi connectivity index (χ1) is 9.11. The molecule has 5 heteroatoms. The van der Waals surface area contributed by atoms with Crippen molar-refractivity contribution < 1.29 is 4.79 Å². The van der Waals surface area contributed by atoms with E-state index in [1.807, 2.05) is 0 Å². The minimum atomic E-state index is -0.0814. The molecule has 0 spiro atoms. The van der Waals surface area contributed by atoms with Crippen molar-refractivity contribution in [1.29, 1.82) is 0 Å². The number of pyridine rings is 1. The lowest BCUT2D eigenvalue weighted by Gasteiger charge is -2.32. The Morgan fingerprint density at radius 3 is 2.84 bits per heavy atom. The molecule has 1 saturated carbocycles. The minimum Gasteiger partial charge on any atom is -0.349 e. The number of anilines is 1. The summed E-state index contributed by atoms with van der Waals surface area (Å²) in [7, 11) is 0. The highest BCUT2D eigenvalue weighted by atomic mass is 16.1. The van der Waals surface area contributed by atoms with Gasteiger partial charge in [0.25, 0.3) is 5.91 Å². The average Bonchev–Trinajstić information content (AvgIpc) is 2.43. The molecule has 1 heterocycles. The lowest BCUT2D eigenvalue weighted by atomic mass is 9.79. The zero-order chi connectivity index (χ0) is 13.8. The lowest BCUT2D eigenvalue weighted by Crippen LogP contribution is -2.40. The van der Waals surface area contributed by atoms with E-state index in [0.717, 1.165) is 18.8 Å². The van der Waals surface area contributed by atoms with Gasteiger partial charge in [-0.25, -0.2) is 0 Å². The Balaban J connectivity index is 2.01. The summed E-state index contributed by atoms with van der Waals surface area (Å²) in [5.74, 6) is 6.71. The van der Waals surface area contributed by atoms with E-state index in [9.17, 15) is 4.79 Å². The Morgan fingerprint density at radius 1 is 1.37 bits per heavy atom. The van der Waals surface area contributed by atoms with Gasteiger partial charge in [0, 0.05) is 12.2 Å². The van der Waals surface area contributed by atoms with Gasteiger partial charge in [0.05, 0.1) is 17.4 Å². The Labute approximate surface area is 114 Å². The van der Waals surface area contributed by atoms with Crippen LogP contribution in [0, 0.1) is 11.8 Å². The number of nitrogens with two attached hydrogens (primary N) is 1. The second-order valence-electron chi connectivity index (χ2n) is 5.50. The van der Waals surface area contributed by atoms with Crippen molar-refractivity contribution in [2.75, 3.05) is 5.43 Å². The first kappa shape index (κ1) is 13.8. The molecule has 1 aliphatic rings. The second-order valence-corrected chi connectivity index (χ2v) is 5.50. The van der Waals surface area contributed by atoms with Gasteiger partial charge in [-0.2, -0.15) is 0 Å². The standard InChI is InChI=1S/C14H22N4O/c1-9-3-4-11(7-10(9)2)17-14(19)12-5-6-16-8-13(12)18-15/h5-6,8-11,18H,3-4,7,15H2,1-2H3,(H,17,19). The molecule has 0 radical (unpaired) electrons. The van der Waals surface area contributed by atoms with Crippen molar-refractivity contribution in [3.05, 3.63) is 24.0 Å². The summed E-state index contributed by atoms with van der Waals surface area (Å²) in [6.45, 7) is 4.53. The van der Waals surface area contributed by atoms with E-state index >= 15 is 0 Å². The highest BCUT2D eigenvalue weighted by Gasteiger charge is 2.26. The van der Waals surface area contributed by atoms with Crippen molar-refractivity contribution >= 4 is 11.6 Å². The number of hydrazine groups is 1. The number of nitrogens with zero attached hydrogens (tertiary/aromatic N) is 1. The molecule has 0 saturated heterocycles. The molecule has 3 unspecified atom stereocenters. The maximum Gasteiger partial charge on any atom is 0.253 e. The third-order valence-corrected chi connectivity index (χ3v) is 4.15. The Bertz CT molecular complexity index is 449. The highest BCUT2D eigenvalue weighted by molar-refractivity contribution is 5.99. The maximum absolute atomic E-state index is 12.2. The SMILES string of the molecule is CC1CCC(NC(=O)c2ccncc2NN)CC1C. The fourth-order valence-electron chi connectivity index (χ4n) is 2.65. The molecule has 1 aliphatic carbocycles. The predicted octanol–water partition coefficient (Wildman–Crippen LogP) is 1.92. The molecule has 104 valence electrons. The van der Waals surface area contributed by atoms with Crippen LogP contribution in [0.1, 0.15) is 43.5 Å². The first-order valence-corrected chi connectivity index (χ1v) is 6.83. The number of nitrogens with one attached hydrogen (secondary N) is 2. The van der Waals surface area contributed by atoms with E-state index in [1.165, 1.54) is 6.42 Å². The van der Waals surface area contributed by atoms with Gasteiger partial charge < -0.3 is 10.7 Å². The molecular formula is C14H22N4O. The van der Waals surface area contributed by atoms with Crippen LogP contribution >= 0.6 is 0 Å². The third-order valence-electron chi connectivity index (χ3n) is 4.15. The Kier molecular flexibility index (Phi) is 4.37. The largest absolute Gasteiger partial charge is 0.349 e. The normalized spacial score (nSPS) is 26.8. The van der Waals surface area contributed by atoms with Crippen LogP contribution in [0.3, 0.4) is 0 Å². The van der Waals surface area contributed by atoms with Gasteiger partial charge in [0.1, 0.15) is 0 Å². The topological polar surface area (TPSA) is 80.0 Å². The smallest absolute Gasteiger partial charge is 0.253 e. The number of hydrogen-bond donors (Lipinski definition) is 3. The van der Waals surface area contributed by atoms with Crippen LogP contribution in [-0.2, 0) is 0 Å². The van der Waals surface area contributed by atoms with Crippen LogP contribution < -0.4 is 16.6 Å². The van der Waals surface area contributed by atoms with E-state index < -0.39 is 0 Å². The minimum absolute atomic E-state index is 0.0814. The van der Waals surface area contributed by atoms with Gasteiger partial charge in [-0.05, 0) is 37.2 Å². The Morgan fingerprint density at radius 2 is 2.16 bits per heavy atom. The Hall–Kier alpha value is -1.62. The average molecular weight is 262 g/mol. The fraction of sp³-hybridized carbons (Fsp3) is 0.571. The van der Waals surface area contributed by atoms with Crippen LogP contribution in [0.15, 0.2) is 18.5 Å². The molecule has 19 heavy (non-hydrogen) atoms. The van der Waals surface area contributed by atoms with E-state index in [1.54, 1.807) is 18.5 Å². The third kappa shape index (κ3) is 3.23. The predicted molar refractivity (Wildman–Crippen MR) is 75.5 cm³/mol. The summed E-state index contributed by atoms with van der Waals surface area (Å²) in [6, 6.07) is 1.94. The molecule has 4 N–H and O–H groups in total. The van der Waals surface area contributed by atoms with E-state index in [-0.39, 0.29) is 11.9 Å². The van der Waals surface area contributed by atoms with Gasteiger partial charge in [-0.3, -0.25) is 15.6 Å². The molecule has 3 atom stereocenters. The van der Waals surface area contributed by atoms with Gasteiger partial charge in [-0.1, -0.05) is 13.8 Å². The van der Waals surface area contributed by atoms with E-state index in [4.69, 9.17) is 5.84 Å². The molecular weight excluding hydrogens is 240 g/mol. The quantitative estimate of drug-likeness (QED) is 0.574. The number of carbonyl (C=O) groups is 1. The summed E-state index contributed by atoms with van der Waals surface area (Å²) in [6.07, 6.45) is 6.42. The molecule has 1 fully saturated rings. The van der Waals surface area contributed by atoms with Crippen molar-refractivity contribution in [1.82, 2.24) is 10.3 Å². The molecule has 1 aromatic rings. The lowest BCUT2D eigenvalue weighted by molar-refractivity contribution is 0.0911. The van der Waals surface area contributed by atoms with Gasteiger partial charge in [-0.15, -0.1) is 0 Å². The zero-order valence-electron chi connectivity index (χ0n) is 11.5. The zero-order valence-corrected chi connectivity index (χ0v) is 11.5. The second kappa shape index (κ2) is 6.02. The van der Waals surface area contributed by atoms with Crippen LogP contribution in [0.25, 0.3) is 0 Å². The van der Waals surface area contributed by atoms with E-state index in [0.29, 0.717) is 17.2 Å². The van der Waals surface area contributed by atoms with E-state index in [2.05, 4.69) is 29.6 Å². The van der Waals surface area contributed by atoms with Crippen LogP contribution in [0.2, 0.25) is 0 Å². The van der Waals surface area contributed by atoms with Gasteiger partial charge in [0.15, 0.2) is 0 Å². The number of nitrogen functional groups attached to an aromatic ring is 1. The molecule has 1 amide bonds. The van der Waals surface area contributed by atoms with Gasteiger partial charge >= 0.3 is 0 Å². The number of rotatable bonds is 3. The summed E-state index contributed by atoms with van der Waals surface area (Å²) >= 11 is 0. The monoisotopic (exact) mass is 262 g/mol. The van der Waals surface area contributed by atoms with Gasteiger partial charge in [0.2, 0.25) is 0 Å². The summed E-state index contributed by atoms with van der Waals surface area (Å²) in [5.41, 5.74) is 3.60. The number of carbonyl (C=O) groups excluding carboxylic acids is 1. The first-order valence-electron chi connectivity index (χ1n) is 6.83. The number of aromatic nitrogens is 1. The molecule has 0 aromatic carbocycles. The molecule has 2 rings (SSSR count). The van der Waals surface area contributed by atoms with Crippen molar-refractivity contribution in [2.24, 2.45) is 17.7 Å². The number of hydrogen-bond acceptors (Lipinski definition) is 4. The summed E-state index contributed by atoms with van der Waals surface area (Å²) in [5, 5.41) is 3.10. The van der Waals surface area contributed by atoms with Crippen molar-refractivity contribution in [3.8, 4) is 0 Å². The molecule has 5 nitrogen and oxygen atoms in total. The maximum atomic E-state index is 12.2. The fourth-order valence-corrected chi connectivity index (χ4v) is 2.65. The number of amides is 1. The highest BCUT2D eigenvalue weighted by Crippen LogP contribution is 2.29. The van der Waals surface area contributed by atoms with Crippen LogP contribution in [-0.4, -0.2) is 16.9 Å². The molecule has 1 aromatic heterocycles. The van der Waals surface area contributed by atoms with Crippen molar-refractivity contribution in [3.63, 3.8) is 0 Å². The summed E-state index contributed by atoms with van der Waals surface area (Å²) in [4.78, 5) is 16.2. The molecule has 0 aliphatic heterocycles. The molecule has 0 bridgehead atoms. The van der Waals surface area contributed by atoms with Crippen molar-refractivity contribution in [2.45, 2.75) is 39.2 Å². The van der Waals surface area contributed by atoms with Crippen LogP contribution in [0.4, 0.5) is 5.69 Å². The summed E-state index contributed by atoms with van der Waals surface area (Å²) < 4.78 is 0. The van der Waals surface area contributed by atoms with Crippen LogP contribution in [0.5, 0.6) is 0 Å².